The monoisotopic (exact) mass is 247 g/mol. The van der Waals surface area contributed by atoms with Gasteiger partial charge in [-0.2, -0.15) is 0 Å². The average molecular weight is 247 g/mol. The molecule has 3 nitrogen and oxygen atoms in total. The smallest absolute Gasteiger partial charge is 0.222 e. The summed E-state index contributed by atoms with van der Waals surface area (Å²) in [5, 5.41) is 10.2. The van der Waals surface area contributed by atoms with E-state index >= 15 is 0 Å². The van der Waals surface area contributed by atoms with Crippen molar-refractivity contribution >= 4 is 5.91 Å². The van der Waals surface area contributed by atoms with Crippen molar-refractivity contribution in [3.05, 3.63) is 35.9 Å². The van der Waals surface area contributed by atoms with Gasteiger partial charge in [0.2, 0.25) is 5.91 Å². The van der Waals surface area contributed by atoms with E-state index in [0.717, 1.165) is 31.5 Å². The van der Waals surface area contributed by atoms with Crippen LogP contribution >= 0.6 is 0 Å². The molecule has 1 aliphatic heterocycles. The summed E-state index contributed by atoms with van der Waals surface area (Å²) in [4.78, 5) is 13.9. The van der Waals surface area contributed by atoms with Crippen molar-refractivity contribution < 1.29 is 9.90 Å². The van der Waals surface area contributed by atoms with Crippen molar-refractivity contribution in [2.45, 2.75) is 32.3 Å². The molecule has 0 radical (unpaired) electrons. The lowest BCUT2D eigenvalue weighted by atomic mass is 9.94. The largest absolute Gasteiger partial charge is 0.388 e. The molecule has 18 heavy (non-hydrogen) atoms. The highest BCUT2D eigenvalue weighted by atomic mass is 16.3. The summed E-state index contributed by atoms with van der Waals surface area (Å²) in [5.74, 6) is 0.135. The summed E-state index contributed by atoms with van der Waals surface area (Å²) in [6, 6.07) is 9.56. The fourth-order valence-corrected chi connectivity index (χ4v) is 2.46. The Kier molecular flexibility index (Phi) is 4.37. The van der Waals surface area contributed by atoms with Crippen molar-refractivity contribution in [2.75, 3.05) is 13.1 Å². The molecule has 2 atom stereocenters. The van der Waals surface area contributed by atoms with Gasteiger partial charge in [-0.25, -0.2) is 0 Å². The summed E-state index contributed by atoms with van der Waals surface area (Å²) < 4.78 is 0. The molecule has 0 aliphatic carbocycles. The van der Waals surface area contributed by atoms with Crippen LogP contribution in [0.1, 0.15) is 37.9 Å². The third-order valence-corrected chi connectivity index (χ3v) is 3.64. The minimum atomic E-state index is -0.558. The topological polar surface area (TPSA) is 40.5 Å². The number of aliphatic hydroxyl groups is 1. The number of aliphatic hydroxyl groups excluding tert-OH is 1. The Hall–Kier alpha value is -1.35. The SMILES string of the molecule is C[C@H](CC(=O)N1CCCC1)[C@@H](O)c1ccccc1. The number of hydrogen-bond acceptors (Lipinski definition) is 2. The first-order valence-corrected chi connectivity index (χ1v) is 6.69. The second kappa shape index (κ2) is 6.01. The molecule has 0 unspecified atom stereocenters. The van der Waals surface area contributed by atoms with Crippen LogP contribution in [0.15, 0.2) is 30.3 Å². The summed E-state index contributed by atoms with van der Waals surface area (Å²) in [7, 11) is 0. The molecule has 1 heterocycles. The predicted octanol–water partition coefficient (Wildman–Crippen LogP) is 2.37. The van der Waals surface area contributed by atoms with Crippen LogP contribution in [-0.2, 0) is 4.79 Å². The molecule has 1 fully saturated rings. The zero-order chi connectivity index (χ0) is 13.0. The second-order valence-corrected chi connectivity index (χ2v) is 5.12. The third kappa shape index (κ3) is 3.10. The predicted molar refractivity (Wildman–Crippen MR) is 71.0 cm³/mol. The zero-order valence-electron chi connectivity index (χ0n) is 10.9. The third-order valence-electron chi connectivity index (χ3n) is 3.64. The number of nitrogens with zero attached hydrogens (tertiary/aromatic N) is 1. The first-order chi connectivity index (χ1) is 8.68. The van der Waals surface area contributed by atoms with Crippen molar-refractivity contribution in [1.82, 2.24) is 4.90 Å². The van der Waals surface area contributed by atoms with Crippen molar-refractivity contribution in [3.63, 3.8) is 0 Å². The van der Waals surface area contributed by atoms with Gasteiger partial charge in [0.1, 0.15) is 0 Å². The summed E-state index contributed by atoms with van der Waals surface area (Å²) >= 11 is 0. The Bertz CT molecular complexity index is 385. The Morgan fingerprint density at radius 2 is 1.89 bits per heavy atom. The lowest BCUT2D eigenvalue weighted by Gasteiger charge is -2.22. The molecule has 2 rings (SSSR count). The van der Waals surface area contributed by atoms with Crippen LogP contribution < -0.4 is 0 Å². The molecule has 1 N–H and O–H groups in total. The average Bonchev–Trinajstić information content (AvgIpc) is 2.92. The number of likely N-dealkylation sites (tertiary alicyclic amines) is 1. The molecular formula is C15H21NO2. The molecular weight excluding hydrogens is 226 g/mol. The van der Waals surface area contributed by atoms with Gasteiger partial charge >= 0.3 is 0 Å². The number of carbonyl (C=O) groups excluding carboxylic acids is 1. The van der Waals surface area contributed by atoms with Crippen LogP contribution in [-0.4, -0.2) is 29.0 Å². The Balaban J connectivity index is 1.91. The quantitative estimate of drug-likeness (QED) is 0.887. The van der Waals surface area contributed by atoms with Crippen LogP contribution in [0.3, 0.4) is 0 Å². The maximum absolute atomic E-state index is 12.0. The van der Waals surface area contributed by atoms with Crippen molar-refractivity contribution in [1.29, 1.82) is 0 Å². The number of benzene rings is 1. The highest BCUT2D eigenvalue weighted by Gasteiger charge is 2.24. The second-order valence-electron chi connectivity index (χ2n) is 5.12. The van der Waals surface area contributed by atoms with Gasteiger partial charge in [-0.05, 0) is 24.3 Å². The highest BCUT2D eigenvalue weighted by Crippen LogP contribution is 2.25. The molecule has 1 aromatic rings. The fourth-order valence-electron chi connectivity index (χ4n) is 2.46. The van der Waals surface area contributed by atoms with Gasteiger partial charge in [0, 0.05) is 19.5 Å². The van der Waals surface area contributed by atoms with Crippen molar-refractivity contribution in [3.8, 4) is 0 Å². The molecule has 3 heteroatoms. The van der Waals surface area contributed by atoms with E-state index in [1.54, 1.807) is 0 Å². The Labute approximate surface area is 108 Å². The normalized spacial score (nSPS) is 18.7. The van der Waals surface area contributed by atoms with E-state index in [9.17, 15) is 9.90 Å². The van der Waals surface area contributed by atoms with Gasteiger partial charge in [-0.15, -0.1) is 0 Å². The van der Waals surface area contributed by atoms with E-state index < -0.39 is 6.10 Å². The lowest BCUT2D eigenvalue weighted by molar-refractivity contribution is -0.131. The molecule has 0 bridgehead atoms. The van der Waals surface area contributed by atoms with E-state index in [4.69, 9.17) is 0 Å². The van der Waals surface area contributed by atoms with Crippen LogP contribution in [0.25, 0.3) is 0 Å². The van der Waals surface area contributed by atoms with Crippen LogP contribution in [0.4, 0.5) is 0 Å². The van der Waals surface area contributed by atoms with Crippen LogP contribution in [0.2, 0.25) is 0 Å². The molecule has 1 saturated heterocycles. The number of carbonyl (C=O) groups is 1. The molecule has 1 amide bonds. The maximum atomic E-state index is 12.0. The minimum Gasteiger partial charge on any atom is -0.388 e. The first-order valence-electron chi connectivity index (χ1n) is 6.69. The van der Waals surface area contributed by atoms with Gasteiger partial charge in [0.25, 0.3) is 0 Å². The standard InChI is InChI=1S/C15H21NO2/c1-12(11-14(17)16-9-5-6-10-16)15(18)13-7-3-2-4-8-13/h2-4,7-8,12,15,18H,5-6,9-11H2,1H3/t12-,15-/m1/s1. The Morgan fingerprint density at radius 3 is 2.50 bits per heavy atom. The maximum Gasteiger partial charge on any atom is 0.222 e. The zero-order valence-corrected chi connectivity index (χ0v) is 10.9. The van der Waals surface area contributed by atoms with Gasteiger partial charge in [-0.1, -0.05) is 37.3 Å². The first kappa shape index (κ1) is 13.1. The van der Waals surface area contributed by atoms with E-state index in [1.165, 1.54) is 0 Å². The van der Waals surface area contributed by atoms with Gasteiger partial charge in [0.15, 0.2) is 0 Å². The number of rotatable bonds is 4. The summed E-state index contributed by atoms with van der Waals surface area (Å²) in [6.07, 6.45) is 2.09. The molecule has 98 valence electrons. The minimum absolute atomic E-state index is 0.0412. The van der Waals surface area contributed by atoms with E-state index in [1.807, 2.05) is 42.2 Å². The van der Waals surface area contributed by atoms with Gasteiger partial charge < -0.3 is 10.0 Å². The fraction of sp³-hybridized carbons (Fsp3) is 0.533. The Morgan fingerprint density at radius 1 is 1.28 bits per heavy atom. The molecule has 0 aromatic heterocycles. The van der Waals surface area contributed by atoms with Gasteiger partial charge in [-0.3, -0.25) is 4.79 Å². The molecule has 0 saturated carbocycles. The summed E-state index contributed by atoms with van der Waals surface area (Å²) in [6.45, 7) is 3.70. The summed E-state index contributed by atoms with van der Waals surface area (Å²) in [5.41, 5.74) is 0.888. The van der Waals surface area contributed by atoms with Crippen LogP contribution in [0.5, 0.6) is 0 Å². The number of amides is 1. The van der Waals surface area contributed by atoms with E-state index in [-0.39, 0.29) is 11.8 Å². The van der Waals surface area contributed by atoms with Crippen LogP contribution in [0, 0.1) is 5.92 Å². The van der Waals surface area contributed by atoms with E-state index in [0.29, 0.717) is 6.42 Å². The van der Waals surface area contributed by atoms with E-state index in [2.05, 4.69) is 0 Å². The molecule has 1 aliphatic rings. The van der Waals surface area contributed by atoms with Gasteiger partial charge in [0.05, 0.1) is 6.10 Å². The molecule has 1 aromatic carbocycles. The highest BCUT2D eigenvalue weighted by molar-refractivity contribution is 5.76. The lowest BCUT2D eigenvalue weighted by Crippen LogP contribution is -2.30. The number of hydrogen-bond donors (Lipinski definition) is 1. The molecule has 0 spiro atoms. The van der Waals surface area contributed by atoms with Crippen molar-refractivity contribution in [2.24, 2.45) is 5.92 Å².